The molecule has 26 heavy (non-hydrogen) atoms. The maximum Gasteiger partial charge on any atom is 0.414 e. The summed E-state index contributed by atoms with van der Waals surface area (Å²) in [6, 6.07) is 16.6. The van der Waals surface area contributed by atoms with E-state index in [1.54, 1.807) is 14.1 Å². The van der Waals surface area contributed by atoms with Crippen LogP contribution in [-0.4, -0.2) is 49.7 Å². The molecule has 0 aliphatic rings. The van der Waals surface area contributed by atoms with Gasteiger partial charge in [0, 0.05) is 19.7 Å². The fourth-order valence-electron chi connectivity index (χ4n) is 2.84. The molecule has 4 heteroatoms. The summed E-state index contributed by atoms with van der Waals surface area (Å²) in [5.41, 5.74) is 3.59. The molecule has 0 atom stereocenters. The zero-order chi connectivity index (χ0) is 19.2. The summed E-state index contributed by atoms with van der Waals surface area (Å²) in [7, 11) is 5.63. The molecule has 0 bridgehead atoms. The minimum atomic E-state index is -0.343. The Kier molecular flexibility index (Phi) is 6.81. The highest BCUT2D eigenvalue weighted by atomic mass is 16.6. The molecule has 4 nitrogen and oxygen atoms in total. The molecule has 0 spiro atoms. The van der Waals surface area contributed by atoms with Gasteiger partial charge in [0.2, 0.25) is 0 Å². The highest BCUT2D eigenvalue weighted by Gasteiger charge is 2.21. The molecule has 0 radical (unpaired) electrons. The monoisotopic (exact) mass is 355 g/mol. The van der Waals surface area contributed by atoms with Gasteiger partial charge in [-0.1, -0.05) is 36.4 Å². The van der Waals surface area contributed by atoms with Crippen LogP contribution in [0.15, 0.2) is 48.5 Å². The first-order valence-corrected chi connectivity index (χ1v) is 9.25. The summed E-state index contributed by atoms with van der Waals surface area (Å²) in [6.07, 6.45) is 0.529. The van der Waals surface area contributed by atoms with Crippen molar-refractivity contribution in [3.8, 4) is 5.75 Å². The molecular weight excluding hydrogens is 324 g/mol. The Labute approximate surface area is 157 Å². The third-order valence-electron chi connectivity index (χ3n) is 5.02. The first-order chi connectivity index (χ1) is 12.4. The van der Waals surface area contributed by atoms with Crippen LogP contribution in [0, 0.1) is 0 Å². The van der Waals surface area contributed by atoms with Crippen LogP contribution in [-0.2, 0) is 13.0 Å². The first-order valence-electron chi connectivity index (χ1n) is 9.25. The van der Waals surface area contributed by atoms with Crippen LogP contribution in [0.25, 0.3) is 0 Å². The Hall–Kier alpha value is -2.33. The van der Waals surface area contributed by atoms with E-state index in [9.17, 15) is 4.79 Å². The lowest BCUT2D eigenvalue weighted by atomic mass is 10.0. The zero-order valence-electron chi connectivity index (χ0n) is 16.7. The van der Waals surface area contributed by atoms with Crippen LogP contribution < -0.4 is 4.74 Å². The van der Waals surface area contributed by atoms with E-state index in [2.05, 4.69) is 57.3 Å². The van der Waals surface area contributed by atoms with Crippen LogP contribution in [0.1, 0.15) is 30.5 Å². The summed E-state index contributed by atoms with van der Waals surface area (Å²) >= 11 is 0. The number of benzene rings is 2. The molecule has 140 valence electrons. The second-order valence-corrected chi connectivity index (χ2v) is 7.28. The van der Waals surface area contributed by atoms with E-state index in [-0.39, 0.29) is 6.09 Å². The van der Waals surface area contributed by atoms with E-state index < -0.39 is 0 Å². The summed E-state index contributed by atoms with van der Waals surface area (Å²) in [5.74, 6) is 0.659. The largest absolute Gasteiger partial charge is 0.414 e. The first kappa shape index (κ1) is 20.0. The number of hydrogen-bond donors (Lipinski definition) is 0. The van der Waals surface area contributed by atoms with Gasteiger partial charge in [-0.2, -0.15) is 0 Å². The number of hydrogen-bond acceptors (Lipinski definition) is 2. The van der Waals surface area contributed by atoms with Crippen molar-refractivity contribution in [2.45, 2.75) is 26.8 Å². The molecule has 0 N–H and O–H groups in total. The molecule has 0 heterocycles. The minimum absolute atomic E-state index is 0.343. The van der Waals surface area contributed by atoms with Gasteiger partial charge in [-0.3, -0.25) is 0 Å². The van der Waals surface area contributed by atoms with E-state index in [4.69, 9.17) is 4.74 Å². The molecule has 2 aromatic carbocycles. The summed E-state index contributed by atoms with van der Waals surface area (Å²) in [4.78, 5) is 13.5. The van der Waals surface area contributed by atoms with Gasteiger partial charge in [0.05, 0.1) is 20.1 Å². The second kappa shape index (κ2) is 8.86. The summed E-state index contributed by atoms with van der Waals surface area (Å²) < 4.78 is 6.53. The molecule has 2 rings (SSSR count). The average Bonchev–Trinajstić information content (AvgIpc) is 2.64. The van der Waals surface area contributed by atoms with Gasteiger partial charge >= 0.3 is 6.09 Å². The predicted molar refractivity (Wildman–Crippen MR) is 106 cm³/mol. The maximum atomic E-state index is 12.0. The lowest BCUT2D eigenvalue weighted by molar-refractivity contribution is -0.919. The van der Waals surface area contributed by atoms with Crippen LogP contribution in [0.2, 0.25) is 0 Å². The van der Waals surface area contributed by atoms with Crippen molar-refractivity contribution in [2.24, 2.45) is 0 Å². The van der Waals surface area contributed by atoms with Crippen molar-refractivity contribution in [1.82, 2.24) is 4.90 Å². The molecule has 0 saturated carbocycles. The van der Waals surface area contributed by atoms with E-state index in [0.29, 0.717) is 5.75 Å². The predicted octanol–water partition coefficient (Wildman–Crippen LogP) is 4.32. The van der Waals surface area contributed by atoms with Crippen LogP contribution in [0.3, 0.4) is 0 Å². The highest BCUT2D eigenvalue weighted by Crippen LogP contribution is 2.26. The quantitative estimate of drug-likeness (QED) is 0.692. The lowest BCUT2D eigenvalue weighted by Gasteiger charge is -2.32. The number of nitrogens with zero attached hydrogens (tertiary/aromatic N) is 2. The molecule has 2 aromatic rings. The van der Waals surface area contributed by atoms with Crippen molar-refractivity contribution in [3.63, 3.8) is 0 Å². The van der Waals surface area contributed by atoms with E-state index in [1.165, 1.54) is 16.0 Å². The third kappa shape index (κ3) is 5.33. The van der Waals surface area contributed by atoms with Crippen molar-refractivity contribution in [1.29, 1.82) is 0 Å². The van der Waals surface area contributed by atoms with Gasteiger partial charge in [0.25, 0.3) is 0 Å². The Balaban J connectivity index is 2.33. The van der Waals surface area contributed by atoms with Crippen LogP contribution in [0.5, 0.6) is 5.75 Å². The molecule has 0 saturated heterocycles. The number of quaternary nitrogens is 1. The topological polar surface area (TPSA) is 29.5 Å². The molecular formula is C22H31N2O2+. The van der Waals surface area contributed by atoms with Crippen molar-refractivity contribution in [3.05, 3.63) is 65.2 Å². The smallest absolute Gasteiger partial charge is 0.410 e. The SMILES string of the molecule is CC[N+](C)(CC)Cc1cc(Cc2ccccc2)ccc1OC(=O)N(C)C. The Morgan fingerprint density at radius 1 is 1.00 bits per heavy atom. The Morgan fingerprint density at radius 2 is 1.65 bits per heavy atom. The fraction of sp³-hybridized carbons (Fsp3) is 0.409. The summed E-state index contributed by atoms with van der Waals surface area (Å²) in [6.45, 7) is 7.29. The highest BCUT2D eigenvalue weighted by molar-refractivity contribution is 5.70. The van der Waals surface area contributed by atoms with E-state index >= 15 is 0 Å². The fourth-order valence-corrected chi connectivity index (χ4v) is 2.84. The van der Waals surface area contributed by atoms with Gasteiger partial charge in [0.1, 0.15) is 12.3 Å². The second-order valence-electron chi connectivity index (χ2n) is 7.28. The number of carbonyl (C=O) groups excluding carboxylic acids is 1. The molecule has 0 aromatic heterocycles. The van der Waals surface area contributed by atoms with E-state index in [0.717, 1.165) is 36.1 Å². The molecule has 1 amide bonds. The van der Waals surface area contributed by atoms with Gasteiger partial charge in [0.15, 0.2) is 0 Å². The lowest BCUT2D eigenvalue weighted by Crippen LogP contribution is -2.42. The minimum Gasteiger partial charge on any atom is -0.410 e. The van der Waals surface area contributed by atoms with Gasteiger partial charge in [-0.15, -0.1) is 0 Å². The number of rotatable bonds is 7. The third-order valence-corrected chi connectivity index (χ3v) is 5.02. The Bertz CT molecular complexity index is 722. The summed E-state index contributed by atoms with van der Waals surface area (Å²) in [5, 5.41) is 0. The van der Waals surface area contributed by atoms with Crippen molar-refractivity contribution in [2.75, 3.05) is 34.2 Å². The zero-order valence-corrected chi connectivity index (χ0v) is 16.7. The number of carbonyl (C=O) groups is 1. The maximum absolute atomic E-state index is 12.0. The van der Waals surface area contributed by atoms with Gasteiger partial charge in [-0.05, 0) is 43.5 Å². The Morgan fingerprint density at radius 3 is 2.23 bits per heavy atom. The van der Waals surface area contributed by atoms with E-state index in [1.807, 2.05) is 12.1 Å². The van der Waals surface area contributed by atoms with Crippen LogP contribution in [0.4, 0.5) is 4.79 Å². The number of amides is 1. The van der Waals surface area contributed by atoms with Gasteiger partial charge < -0.3 is 14.1 Å². The van der Waals surface area contributed by atoms with Crippen molar-refractivity contribution < 1.29 is 14.0 Å². The molecule has 0 aliphatic carbocycles. The normalized spacial score (nSPS) is 11.3. The molecule has 0 aliphatic heterocycles. The average molecular weight is 356 g/mol. The van der Waals surface area contributed by atoms with Crippen LogP contribution >= 0.6 is 0 Å². The molecule has 0 fully saturated rings. The standard InChI is InChI=1S/C22H31N2O2/c1-6-24(5,7-2)17-20-16-19(15-18-11-9-8-10-12-18)13-14-21(20)26-22(25)23(3)4/h8-14,16H,6-7,15,17H2,1-5H3/q+1. The molecule has 0 unspecified atom stereocenters. The van der Waals surface area contributed by atoms with Crippen molar-refractivity contribution >= 4 is 6.09 Å². The van der Waals surface area contributed by atoms with Gasteiger partial charge in [-0.25, -0.2) is 4.79 Å². The number of ether oxygens (including phenoxy) is 1.